The van der Waals surface area contributed by atoms with Gasteiger partial charge in [-0.2, -0.15) is 0 Å². The summed E-state index contributed by atoms with van der Waals surface area (Å²) in [5, 5.41) is 16.8. The van der Waals surface area contributed by atoms with Crippen molar-refractivity contribution in [3.63, 3.8) is 0 Å². The molecule has 1 saturated carbocycles. The second-order valence-corrected chi connectivity index (χ2v) is 6.67. The molecule has 0 aliphatic heterocycles. The van der Waals surface area contributed by atoms with Crippen molar-refractivity contribution in [2.45, 2.75) is 77.6 Å². The average Bonchev–Trinajstić information content (AvgIpc) is 2.60. The minimum atomic E-state index is -0.469. The van der Waals surface area contributed by atoms with Gasteiger partial charge in [0.15, 0.2) is 5.96 Å². The minimum absolute atomic E-state index is 0.120. The molecule has 0 aromatic heterocycles. The maximum Gasteiger partial charge on any atom is 0.407 e. The summed E-state index contributed by atoms with van der Waals surface area (Å²) in [5.74, 6) is 0.350. The van der Waals surface area contributed by atoms with E-state index in [0.29, 0.717) is 5.96 Å². The van der Waals surface area contributed by atoms with Crippen LogP contribution in [0, 0.1) is 5.41 Å². The van der Waals surface area contributed by atoms with Crippen LogP contribution < -0.4 is 16.0 Å². The zero-order valence-corrected chi connectivity index (χ0v) is 13.2. The van der Waals surface area contributed by atoms with Crippen LogP contribution in [0.3, 0.4) is 0 Å². The predicted octanol–water partition coefficient (Wildman–Crippen LogP) is 1.95. The van der Waals surface area contributed by atoms with Crippen LogP contribution in [0.2, 0.25) is 0 Å². The van der Waals surface area contributed by atoms with Crippen LogP contribution in [0.1, 0.15) is 53.9 Å². The SMILES string of the molecule is CC(C)NC(=N)N[C@H]1CC[C@H](NC(=O)OC(C)(C)C)C1. The molecule has 0 radical (unpaired) electrons. The number of hydrogen-bond donors (Lipinski definition) is 4. The number of carbonyl (C=O) groups is 1. The molecule has 6 heteroatoms. The topological polar surface area (TPSA) is 86.2 Å². The smallest absolute Gasteiger partial charge is 0.407 e. The quantitative estimate of drug-likeness (QED) is 0.471. The van der Waals surface area contributed by atoms with Gasteiger partial charge in [0, 0.05) is 18.1 Å². The summed E-state index contributed by atoms with van der Waals surface area (Å²) < 4.78 is 5.24. The van der Waals surface area contributed by atoms with E-state index in [9.17, 15) is 4.79 Å². The van der Waals surface area contributed by atoms with E-state index in [2.05, 4.69) is 16.0 Å². The normalized spacial score (nSPS) is 22.5. The fourth-order valence-corrected chi connectivity index (χ4v) is 2.25. The summed E-state index contributed by atoms with van der Waals surface area (Å²) in [7, 11) is 0. The summed E-state index contributed by atoms with van der Waals surface area (Å²) in [6, 6.07) is 0.593. The van der Waals surface area contributed by atoms with Crippen LogP contribution in [0.4, 0.5) is 4.79 Å². The van der Waals surface area contributed by atoms with E-state index in [-0.39, 0.29) is 24.2 Å². The molecule has 0 bridgehead atoms. The van der Waals surface area contributed by atoms with Gasteiger partial charge in [-0.25, -0.2) is 4.79 Å². The van der Waals surface area contributed by atoms with Crippen molar-refractivity contribution in [2.24, 2.45) is 0 Å². The van der Waals surface area contributed by atoms with Crippen molar-refractivity contribution in [1.29, 1.82) is 5.41 Å². The second kappa shape index (κ2) is 6.81. The molecule has 0 aromatic rings. The van der Waals surface area contributed by atoms with Crippen molar-refractivity contribution >= 4 is 12.1 Å². The first kappa shape index (κ1) is 16.6. The maximum absolute atomic E-state index is 11.7. The van der Waals surface area contributed by atoms with Crippen molar-refractivity contribution < 1.29 is 9.53 Å². The van der Waals surface area contributed by atoms with Crippen LogP contribution in [-0.2, 0) is 4.74 Å². The van der Waals surface area contributed by atoms with E-state index in [4.69, 9.17) is 10.1 Å². The number of guanidine groups is 1. The highest BCUT2D eigenvalue weighted by molar-refractivity contribution is 5.77. The van der Waals surface area contributed by atoms with Crippen molar-refractivity contribution in [1.82, 2.24) is 16.0 Å². The Labute approximate surface area is 121 Å². The van der Waals surface area contributed by atoms with Crippen molar-refractivity contribution in [3.05, 3.63) is 0 Å². The number of carbonyl (C=O) groups excluding carboxylic acids is 1. The van der Waals surface area contributed by atoms with Gasteiger partial charge < -0.3 is 20.7 Å². The first-order chi connectivity index (χ1) is 9.15. The lowest BCUT2D eigenvalue weighted by Gasteiger charge is -2.22. The molecule has 116 valence electrons. The molecule has 1 aliphatic rings. The molecule has 20 heavy (non-hydrogen) atoms. The van der Waals surface area contributed by atoms with Crippen LogP contribution >= 0.6 is 0 Å². The Kier molecular flexibility index (Phi) is 5.65. The van der Waals surface area contributed by atoms with Gasteiger partial charge in [-0.15, -0.1) is 0 Å². The molecule has 0 aromatic carbocycles. The molecule has 0 saturated heterocycles. The third kappa shape index (κ3) is 6.63. The molecular formula is C14H28N4O2. The van der Waals surface area contributed by atoms with Gasteiger partial charge >= 0.3 is 6.09 Å². The molecule has 1 aliphatic carbocycles. The number of amides is 1. The molecule has 2 atom stereocenters. The van der Waals surface area contributed by atoms with Gasteiger partial charge in [0.2, 0.25) is 0 Å². The molecule has 0 spiro atoms. The molecule has 0 unspecified atom stereocenters. The van der Waals surface area contributed by atoms with Gasteiger partial charge in [0.25, 0.3) is 0 Å². The third-order valence-corrected chi connectivity index (χ3v) is 2.93. The average molecular weight is 284 g/mol. The minimum Gasteiger partial charge on any atom is -0.444 e. The fraction of sp³-hybridized carbons (Fsp3) is 0.857. The van der Waals surface area contributed by atoms with E-state index in [0.717, 1.165) is 19.3 Å². The summed E-state index contributed by atoms with van der Waals surface area (Å²) >= 11 is 0. The molecular weight excluding hydrogens is 256 g/mol. The molecule has 4 N–H and O–H groups in total. The standard InChI is InChI=1S/C14H28N4O2/c1-9(2)16-12(15)17-10-6-7-11(8-10)18-13(19)20-14(3,4)5/h9-11H,6-8H2,1-5H3,(H,18,19)(H3,15,16,17)/t10-,11-/m0/s1. The van der Waals surface area contributed by atoms with Gasteiger partial charge in [-0.1, -0.05) is 0 Å². The van der Waals surface area contributed by atoms with Gasteiger partial charge in [0.05, 0.1) is 0 Å². The monoisotopic (exact) mass is 284 g/mol. The Hall–Kier alpha value is -1.46. The van der Waals surface area contributed by atoms with Gasteiger partial charge in [-0.05, 0) is 53.9 Å². The lowest BCUT2D eigenvalue weighted by Crippen LogP contribution is -2.45. The molecule has 1 fully saturated rings. The second-order valence-electron chi connectivity index (χ2n) is 6.67. The van der Waals surface area contributed by atoms with E-state index in [1.54, 1.807) is 0 Å². The summed E-state index contributed by atoms with van der Waals surface area (Å²) in [5.41, 5.74) is -0.469. The van der Waals surface area contributed by atoms with E-state index in [1.807, 2.05) is 34.6 Å². The third-order valence-electron chi connectivity index (χ3n) is 2.93. The highest BCUT2D eigenvalue weighted by atomic mass is 16.6. The van der Waals surface area contributed by atoms with E-state index < -0.39 is 5.60 Å². The Bertz CT molecular complexity index is 350. The van der Waals surface area contributed by atoms with Crippen LogP contribution in [-0.4, -0.2) is 35.8 Å². The maximum atomic E-state index is 11.7. The van der Waals surface area contributed by atoms with Crippen LogP contribution in [0.5, 0.6) is 0 Å². The Morgan fingerprint density at radius 2 is 1.75 bits per heavy atom. The predicted molar refractivity (Wildman–Crippen MR) is 79.9 cm³/mol. The lowest BCUT2D eigenvalue weighted by molar-refractivity contribution is 0.0505. The number of rotatable bonds is 3. The van der Waals surface area contributed by atoms with Crippen molar-refractivity contribution in [3.8, 4) is 0 Å². The lowest BCUT2D eigenvalue weighted by atomic mass is 10.2. The highest BCUT2D eigenvalue weighted by Crippen LogP contribution is 2.19. The molecule has 0 heterocycles. The summed E-state index contributed by atoms with van der Waals surface area (Å²) in [6.07, 6.45) is 2.31. The van der Waals surface area contributed by atoms with E-state index in [1.165, 1.54) is 0 Å². The zero-order chi connectivity index (χ0) is 15.3. The Morgan fingerprint density at radius 1 is 1.20 bits per heavy atom. The number of hydrogen-bond acceptors (Lipinski definition) is 3. The van der Waals surface area contributed by atoms with Gasteiger partial charge in [-0.3, -0.25) is 5.41 Å². The van der Waals surface area contributed by atoms with Crippen molar-refractivity contribution in [2.75, 3.05) is 0 Å². The first-order valence-corrected chi connectivity index (χ1v) is 7.27. The number of nitrogens with one attached hydrogen (secondary N) is 4. The van der Waals surface area contributed by atoms with E-state index >= 15 is 0 Å². The van der Waals surface area contributed by atoms with Gasteiger partial charge in [0.1, 0.15) is 5.60 Å². The number of alkyl carbamates (subject to hydrolysis) is 1. The molecule has 1 amide bonds. The zero-order valence-electron chi connectivity index (χ0n) is 13.2. The summed E-state index contributed by atoms with van der Waals surface area (Å²) in [6.45, 7) is 9.55. The largest absolute Gasteiger partial charge is 0.444 e. The van der Waals surface area contributed by atoms with Crippen LogP contribution in [0.25, 0.3) is 0 Å². The first-order valence-electron chi connectivity index (χ1n) is 7.27. The van der Waals surface area contributed by atoms with Crippen LogP contribution in [0.15, 0.2) is 0 Å². The Balaban J connectivity index is 2.29. The fourth-order valence-electron chi connectivity index (χ4n) is 2.25. The molecule has 6 nitrogen and oxygen atoms in total. The number of ether oxygens (including phenoxy) is 1. The summed E-state index contributed by atoms with van der Waals surface area (Å²) in [4.78, 5) is 11.7. The Morgan fingerprint density at radius 3 is 2.25 bits per heavy atom. The highest BCUT2D eigenvalue weighted by Gasteiger charge is 2.28. The molecule has 1 rings (SSSR count).